The first-order valence-corrected chi connectivity index (χ1v) is 11.7. The Labute approximate surface area is 186 Å². The van der Waals surface area contributed by atoms with Crippen LogP contribution >= 0.6 is 0 Å². The second kappa shape index (κ2) is 5.96. The minimum Gasteiger partial charge on any atom is -0.493 e. The number of aromatic nitrogens is 2. The summed E-state index contributed by atoms with van der Waals surface area (Å²) in [7, 11) is 0. The summed E-state index contributed by atoms with van der Waals surface area (Å²) in [5, 5.41) is 0. The predicted octanol–water partition coefficient (Wildman–Crippen LogP) is 5.12. The maximum absolute atomic E-state index is 6.33. The first kappa shape index (κ1) is 17.3. The molecule has 1 spiro atoms. The average molecular weight is 418 g/mol. The largest absolute Gasteiger partial charge is 0.493 e. The third-order valence-corrected chi connectivity index (χ3v) is 8.33. The van der Waals surface area contributed by atoms with E-state index in [0.29, 0.717) is 17.9 Å². The zero-order valence-corrected chi connectivity index (χ0v) is 17.7. The van der Waals surface area contributed by atoms with Crippen molar-refractivity contribution >= 4 is 11.0 Å². The lowest BCUT2D eigenvalue weighted by molar-refractivity contribution is 0.160. The van der Waals surface area contributed by atoms with Crippen molar-refractivity contribution in [1.82, 2.24) is 14.9 Å². The van der Waals surface area contributed by atoms with E-state index < -0.39 is 0 Å². The molecule has 4 nitrogen and oxygen atoms in total. The number of benzene rings is 3. The van der Waals surface area contributed by atoms with Crippen LogP contribution in [-0.4, -0.2) is 34.1 Å². The van der Waals surface area contributed by atoms with E-state index in [1.165, 1.54) is 29.5 Å². The van der Waals surface area contributed by atoms with Gasteiger partial charge in [-0.25, -0.2) is 9.97 Å². The first-order chi connectivity index (χ1) is 15.9. The molecule has 8 rings (SSSR count). The molecule has 1 aliphatic carbocycles. The van der Waals surface area contributed by atoms with Crippen molar-refractivity contribution in [2.75, 3.05) is 13.2 Å². The number of hydrogen-bond acceptors (Lipinski definition) is 4. The number of fused-ring (bicyclic) bond motifs is 13. The number of ether oxygens (including phenoxy) is 1. The highest BCUT2D eigenvalue weighted by molar-refractivity contribution is 5.85. The summed E-state index contributed by atoms with van der Waals surface area (Å²) in [6.45, 7) is 1.88. The van der Waals surface area contributed by atoms with Gasteiger partial charge in [0.05, 0.1) is 34.6 Å². The molecule has 32 heavy (non-hydrogen) atoms. The van der Waals surface area contributed by atoms with Crippen LogP contribution in [0.15, 0.2) is 72.8 Å². The van der Waals surface area contributed by atoms with Crippen LogP contribution in [0.5, 0.6) is 5.75 Å². The molecule has 0 N–H and O–H groups in total. The molecule has 4 unspecified atom stereocenters. The van der Waals surface area contributed by atoms with Gasteiger partial charge in [-0.3, -0.25) is 4.90 Å². The minimum atomic E-state index is -0.283. The van der Waals surface area contributed by atoms with Gasteiger partial charge in [0.15, 0.2) is 0 Å². The quantitative estimate of drug-likeness (QED) is 0.398. The molecule has 0 bridgehead atoms. The molecule has 4 heterocycles. The van der Waals surface area contributed by atoms with Gasteiger partial charge >= 0.3 is 0 Å². The molecule has 4 aromatic rings. The molecule has 1 aromatic heterocycles. The van der Waals surface area contributed by atoms with Gasteiger partial charge in [-0.2, -0.15) is 0 Å². The summed E-state index contributed by atoms with van der Waals surface area (Å²) in [6.07, 6.45) is 2.46. The number of hydrogen-bond donors (Lipinski definition) is 0. The van der Waals surface area contributed by atoms with Gasteiger partial charge in [0, 0.05) is 29.0 Å². The highest BCUT2D eigenvalue weighted by Crippen LogP contribution is 2.67. The second-order valence-corrected chi connectivity index (χ2v) is 9.61. The molecule has 4 atom stereocenters. The topological polar surface area (TPSA) is 38.2 Å². The van der Waals surface area contributed by atoms with Crippen molar-refractivity contribution in [3.63, 3.8) is 0 Å². The molecule has 4 aliphatic rings. The van der Waals surface area contributed by atoms with Gasteiger partial charge < -0.3 is 4.74 Å². The molecule has 0 saturated carbocycles. The van der Waals surface area contributed by atoms with Gasteiger partial charge in [-0.1, -0.05) is 54.6 Å². The maximum Gasteiger partial charge on any atom is 0.122 e. The number of para-hydroxylation sites is 3. The molecule has 3 aliphatic heterocycles. The molecule has 0 radical (unpaired) electrons. The highest BCUT2D eigenvalue weighted by Gasteiger charge is 2.67. The third-order valence-electron chi connectivity index (χ3n) is 8.33. The summed E-state index contributed by atoms with van der Waals surface area (Å²) in [6, 6.07) is 26.4. The van der Waals surface area contributed by atoms with Gasteiger partial charge in [0.2, 0.25) is 0 Å². The summed E-state index contributed by atoms with van der Waals surface area (Å²) in [5.41, 5.74) is 7.83. The summed E-state index contributed by atoms with van der Waals surface area (Å²) < 4.78 is 6.33. The Bertz CT molecular complexity index is 1410. The van der Waals surface area contributed by atoms with Gasteiger partial charge in [0.1, 0.15) is 5.75 Å². The van der Waals surface area contributed by atoms with Crippen LogP contribution in [0, 0.1) is 5.92 Å². The predicted molar refractivity (Wildman–Crippen MR) is 124 cm³/mol. The van der Waals surface area contributed by atoms with E-state index in [4.69, 9.17) is 14.7 Å². The zero-order valence-electron chi connectivity index (χ0n) is 17.7. The van der Waals surface area contributed by atoms with E-state index in [2.05, 4.69) is 77.7 Å². The molecule has 4 heteroatoms. The molecule has 0 amide bonds. The van der Waals surface area contributed by atoms with Gasteiger partial charge in [0.25, 0.3) is 0 Å². The standard InChI is InChI=1S/C28H23N3O/c1-3-10-20-17(8-1)26-27(30-22-12-5-4-11-21(22)29-26)28(20)25-18-9-2-6-14-24(18)32-16-19(25)23-13-7-15-31(23)28/h1-6,8-12,14,19,23,25H,7,13,15-16H2. The molecular weight excluding hydrogens is 394 g/mol. The maximum atomic E-state index is 6.33. The Morgan fingerprint density at radius 2 is 1.66 bits per heavy atom. The highest BCUT2D eigenvalue weighted by atomic mass is 16.5. The smallest absolute Gasteiger partial charge is 0.122 e. The number of rotatable bonds is 0. The van der Waals surface area contributed by atoms with E-state index in [1.807, 2.05) is 0 Å². The Hall–Kier alpha value is -3.24. The zero-order chi connectivity index (χ0) is 20.9. The van der Waals surface area contributed by atoms with Crippen LogP contribution in [0.25, 0.3) is 22.3 Å². The summed E-state index contributed by atoms with van der Waals surface area (Å²) in [4.78, 5) is 13.4. The first-order valence-electron chi connectivity index (χ1n) is 11.7. The normalized spacial score (nSPS) is 29.3. The second-order valence-electron chi connectivity index (χ2n) is 9.61. The Morgan fingerprint density at radius 1 is 0.875 bits per heavy atom. The van der Waals surface area contributed by atoms with Crippen molar-refractivity contribution in [3.8, 4) is 17.0 Å². The third kappa shape index (κ3) is 1.90. The van der Waals surface area contributed by atoms with Gasteiger partial charge in [-0.15, -0.1) is 0 Å². The summed E-state index contributed by atoms with van der Waals surface area (Å²) in [5.74, 6) is 1.81. The van der Waals surface area contributed by atoms with E-state index in [-0.39, 0.29) is 5.54 Å². The number of nitrogens with zero attached hydrogens (tertiary/aromatic N) is 3. The van der Waals surface area contributed by atoms with E-state index in [9.17, 15) is 0 Å². The van der Waals surface area contributed by atoms with Gasteiger partial charge in [-0.05, 0) is 43.1 Å². The van der Waals surface area contributed by atoms with Crippen molar-refractivity contribution in [1.29, 1.82) is 0 Å². The molecule has 3 aromatic carbocycles. The van der Waals surface area contributed by atoms with Crippen LogP contribution in [0.4, 0.5) is 0 Å². The van der Waals surface area contributed by atoms with Crippen LogP contribution in [0.3, 0.4) is 0 Å². The molecule has 2 saturated heterocycles. The van der Waals surface area contributed by atoms with Crippen molar-refractivity contribution < 1.29 is 4.74 Å². The molecule has 2 fully saturated rings. The SMILES string of the molecule is c1ccc2c(c1)OCC1C3CCCN3C3(c4ccccc4-c4nc5ccccc5nc43)C21. The average Bonchev–Trinajstić information content (AvgIpc) is 3.51. The lowest BCUT2D eigenvalue weighted by Crippen LogP contribution is -2.45. The Kier molecular flexibility index (Phi) is 3.23. The van der Waals surface area contributed by atoms with Crippen LogP contribution in [0.2, 0.25) is 0 Å². The van der Waals surface area contributed by atoms with Crippen molar-refractivity contribution in [2.45, 2.75) is 30.3 Å². The van der Waals surface area contributed by atoms with Crippen LogP contribution < -0.4 is 4.74 Å². The van der Waals surface area contributed by atoms with E-state index >= 15 is 0 Å². The van der Waals surface area contributed by atoms with Crippen LogP contribution in [-0.2, 0) is 5.54 Å². The summed E-state index contributed by atoms with van der Waals surface area (Å²) >= 11 is 0. The van der Waals surface area contributed by atoms with Crippen LogP contribution in [0.1, 0.15) is 35.6 Å². The van der Waals surface area contributed by atoms with E-state index in [1.54, 1.807) is 0 Å². The Morgan fingerprint density at radius 3 is 2.59 bits per heavy atom. The van der Waals surface area contributed by atoms with E-state index in [0.717, 1.165) is 41.3 Å². The fourth-order valence-electron chi connectivity index (χ4n) is 7.31. The lowest BCUT2D eigenvalue weighted by atomic mass is 9.69. The molecular formula is C28H23N3O. The fourth-order valence-corrected chi connectivity index (χ4v) is 7.31. The molecule has 156 valence electrons. The van der Waals surface area contributed by atoms with Crippen molar-refractivity contribution in [3.05, 3.63) is 89.6 Å². The minimum absolute atomic E-state index is 0.283. The lowest BCUT2D eigenvalue weighted by Gasteiger charge is -2.42. The fraction of sp³-hybridized carbons (Fsp3) is 0.286. The Balaban J connectivity index is 1.52. The van der Waals surface area contributed by atoms with Crippen molar-refractivity contribution in [2.24, 2.45) is 5.92 Å². The monoisotopic (exact) mass is 417 g/mol.